The Morgan fingerprint density at radius 3 is 2.44 bits per heavy atom. The van der Waals surface area contributed by atoms with E-state index in [9.17, 15) is 29.4 Å². The lowest BCUT2D eigenvalue weighted by molar-refractivity contribution is -0.140. The van der Waals surface area contributed by atoms with E-state index in [2.05, 4.69) is 25.3 Å². The van der Waals surface area contributed by atoms with Gasteiger partial charge in [-0.05, 0) is 30.7 Å². The molecule has 4 rings (SSSR count). The van der Waals surface area contributed by atoms with Crippen molar-refractivity contribution in [2.45, 2.75) is 18.9 Å². The van der Waals surface area contributed by atoms with Crippen molar-refractivity contribution < 1.29 is 29.7 Å². The highest BCUT2D eigenvalue weighted by atomic mass is 16.4. The highest BCUT2D eigenvalue weighted by Gasteiger charge is 2.22. The summed E-state index contributed by atoms with van der Waals surface area (Å²) in [4.78, 5) is 61.0. The lowest BCUT2D eigenvalue weighted by Crippen LogP contribution is -2.41. The molecule has 0 spiro atoms. The number of carbonyl (C=O) groups excluding carboxylic acids is 1. The van der Waals surface area contributed by atoms with Gasteiger partial charge < -0.3 is 26.4 Å². The first-order valence-corrected chi connectivity index (χ1v) is 9.77. The van der Waals surface area contributed by atoms with Gasteiger partial charge in [0.1, 0.15) is 11.6 Å². The third-order valence-electron chi connectivity index (χ3n) is 4.94. The zero-order valence-electron chi connectivity index (χ0n) is 17.2. The van der Waals surface area contributed by atoms with Crippen LogP contribution in [0, 0.1) is 0 Å². The van der Waals surface area contributed by atoms with Crippen molar-refractivity contribution in [2.24, 2.45) is 0 Å². The molecule has 4 aromatic rings. The molecule has 3 aromatic heterocycles. The molecular formula is C20H17N7O7. The van der Waals surface area contributed by atoms with Crippen molar-refractivity contribution in [1.29, 1.82) is 0 Å². The molecule has 7 N–H and O–H groups in total. The highest BCUT2D eigenvalue weighted by molar-refractivity contribution is 5.97. The van der Waals surface area contributed by atoms with E-state index < -0.39 is 35.9 Å². The average molecular weight is 467 g/mol. The van der Waals surface area contributed by atoms with E-state index in [-0.39, 0.29) is 46.0 Å². The predicted molar refractivity (Wildman–Crippen MR) is 117 cm³/mol. The van der Waals surface area contributed by atoms with Gasteiger partial charge in [-0.2, -0.15) is 4.98 Å². The zero-order valence-corrected chi connectivity index (χ0v) is 17.2. The first-order chi connectivity index (χ1) is 16.1. The molecule has 0 aliphatic carbocycles. The van der Waals surface area contributed by atoms with Gasteiger partial charge in [0.05, 0.1) is 0 Å². The number of rotatable bonds is 7. The van der Waals surface area contributed by atoms with Crippen LogP contribution in [0.2, 0.25) is 0 Å². The zero-order chi connectivity index (χ0) is 24.6. The van der Waals surface area contributed by atoms with E-state index >= 15 is 0 Å². The van der Waals surface area contributed by atoms with Crippen LogP contribution in [0.25, 0.3) is 27.9 Å². The number of amides is 1. The quantitative estimate of drug-likeness (QED) is 0.212. The Balaban J connectivity index is 1.62. The van der Waals surface area contributed by atoms with Crippen LogP contribution >= 0.6 is 0 Å². The Morgan fingerprint density at radius 2 is 1.79 bits per heavy atom. The minimum absolute atomic E-state index is 0.0373. The van der Waals surface area contributed by atoms with Crippen LogP contribution in [-0.4, -0.2) is 63.7 Å². The minimum Gasteiger partial charge on any atom is -0.493 e. The van der Waals surface area contributed by atoms with E-state index in [0.717, 1.165) is 0 Å². The van der Waals surface area contributed by atoms with E-state index in [1.54, 1.807) is 0 Å². The second-order valence-corrected chi connectivity index (χ2v) is 7.25. The Bertz CT molecular complexity index is 1510. The SMILES string of the molecule is Nc1nc2nc3c(O)n(-c4ccc(C(=O)NC(CCC(=O)O)C(=O)O)cc4)cc3nc2c(=O)[nH]1. The van der Waals surface area contributed by atoms with Crippen molar-refractivity contribution in [3.8, 4) is 11.6 Å². The fraction of sp³-hybridized carbons (Fsp3) is 0.150. The Hall–Kier alpha value is -5.01. The minimum atomic E-state index is -1.36. The summed E-state index contributed by atoms with van der Waals surface area (Å²) >= 11 is 0. The number of nitrogens with two attached hydrogens (primary N) is 1. The van der Waals surface area contributed by atoms with E-state index in [4.69, 9.17) is 10.8 Å². The molecule has 174 valence electrons. The summed E-state index contributed by atoms with van der Waals surface area (Å²) in [5.74, 6) is -3.67. The van der Waals surface area contributed by atoms with Gasteiger partial charge >= 0.3 is 11.9 Å². The summed E-state index contributed by atoms with van der Waals surface area (Å²) in [6.07, 6.45) is 0.756. The number of aliphatic carboxylic acids is 2. The van der Waals surface area contributed by atoms with Crippen molar-refractivity contribution in [2.75, 3.05) is 5.73 Å². The van der Waals surface area contributed by atoms with Crippen molar-refractivity contribution in [3.05, 3.63) is 46.4 Å². The molecule has 0 aliphatic heterocycles. The molecule has 3 heterocycles. The van der Waals surface area contributed by atoms with Crippen LogP contribution < -0.4 is 16.6 Å². The molecule has 1 unspecified atom stereocenters. The first kappa shape index (κ1) is 22.2. The number of nitrogens with zero attached hydrogens (tertiary/aromatic N) is 4. The van der Waals surface area contributed by atoms with Crippen LogP contribution in [-0.2, 0) is 9.59 Å². The Morgan fingerprint density at radius 1 is 1.09 bits per heavy atom. The largest absolute Gasteiger partial charge is 0.493 e. The number of carboxylic acid groups (broad SMARTS) is 2. The van der Waals surface area contributed by atoms with Crippen LogP contribution in [0.1, 0.15) is 23.2 Å². The Labute approximate surface area is 188 Å². The Kier molecular flexibility index (Phi) is 5.55. The number of aromatic hydroxyl groups is 1. The standard InChI is InChI=1S/C20H17N7O7/c21-20-25-15-14(17(31)26-20)22-11-7-27(18(32)13(11)24-15)9-3-1-8(2-4-9)16(30)23-10(19(33)34)5-6-12(28)29/h1-4,7,10,32H,5-6H2,(H,23,30)(H,28,29)(H,33,34)(H3,21,24,25,26,31). The van der Waals surface area contributed by atoms with E-state index in [0.29, 0.717) is 5.69 Å². The summed E-state index contributed by atoms with van der Waals surface area (Å²) in [6, 6.07) is 4.41. The van der Waals surface area contributed by atoms with E-state index in [1.165, 1.54) is 35.0 Å². The normalized spacial score (nSPS) is 12.0. The maximum atomic E-state index is 12.4. The van der Waals surface area contributed by atoms with Gasteiger partial charge in [0.25, 0.3) is 11.5 Å². The summed E-state index contributed by atoms with van der Waals surface area (Å²) < 4.78 is 1.33. The summed E-state index contributed by atoms with van der Waals surface area (Å²) in [7, 11) is 0. The first-order valence-electron chi connectivity index (χ1n) is 9.77. The molecule has 0 bridgehead atoms. The van der Waals surface area contributed by atoms with E-state index in [1.807, 2.05) is 0 Å². The number of aromatic amines is 1. The summed E-state index contributed by atoms with van der Waals surface area (Å²) in [6.45, 7) is 0. The average Bonchev–Trinajstić information content (AvgIpc) is 3.10. The van der Waals surface area contributed by atoms with Crippen LogP contribution in [0.3, 0.4) is 0 Å². The van der Waals surface area contributed by atoms with Crippen LogP contribution in [0.4, 0.5) is 5.95 Å². The lowest BCUT2D eigenvalue weighted by atomic mass is 10.1. The fourth-order valence-electron chi connectivity index (χ4n) is 3.28. The maximum Gasteiger partial charge on any atom is 0.326 e. The molecule has 0 radical (unpaired) electrons. The van der Waals surface area contributed by atoms with Gasteiger partial charge in [-0.15, -0.1) is 0 Å². The highest BCUT2D eigenvalue weighted by Crippen LogP contribution is 2.28. The van der Waals surface area contributed by atoms with Gasteiger partial charge in [0, 0.05) is 23.9 Å². The molecule has 1 aromatic carbocycles. The predicted octanol–water partition coefficient (Wildman–Crippen LogP) is -0.00740. The van der Waals surface area contributed by atoms with Crippen molar-refractivity contribution >= 4 is 46.0 Å². The topological polar surface area (TPSA) is 226 Å². The van der Waals surface area contributed by atoms with Crippen molar-refractivity contribution in [3.63, 3.8) is 0 Å². The second kappa shape index (κ2) is 8.50. The second-order valence-electron chi connectivity index (χ2n) is 7.25. The number of hydrogen-bond acceptors (Lipinski definition) is 9. The van der Waals surface area contributed by atoms with Gasteiger partial charge in [-0.1, -0.05) is 0 Å². The molecule has 14 nitrogen and oxygen atoms in total. The number of hydrogen-bond donors (Lipinski definition) is 6. The fourth-order valence-corrected chi connectivity index (χ4v) is 3.28. The summed E-state index contributed by atoms with van der Waals surface area (Å²) in [5.41, 5.74) is 5.68. The number of H-pyrrole nitrogens is 1. The lowest BCUT2D eigenvalue weighted by Gasteiger charge is -2.14. The molecule has 1 amide bonds. The number of carbonyl (C=O) groups is 3. The molecule has 34 heavy (non-hydrogen) atoms. The number of nitrogens with one attached hydrogen (secondary N) is 2. The number of aromatic nitrogens is 5. The van der Waals surface area contributed by atoms with Crippen molar-refractivity contribution in [1.82, 2.24) is 29.8 Å². The molecule has 0 aliphatic rings. The molecule has 0 saturated carbocycles. The molecule has 14 heteroatoms. The van der Waals surface area contributed by atoms with Gasteiger partial charge in [-0.25, -0.2) is 14.8 Å². The third-order valence-corrected chi connectivity index (χ3v) is 4.94. The number of nitrogen functional groups attached to an aromatic ring is 1. The number of anilines is 1. The van der Waals surface area contributed by atoms with Crippen LogP contribution in [0.15, 0.2) is 35.3 Å². The number of fused-ring (bicyclic) bond motifs is 2. The molecule has 1 atom stereocenters. The molecular weight excluding hydrogens is 450 g/mol. The van der Waals surface area contributed by atoms with Crippen LogP contribution in [0.5, 0.6) is 5.88 Å². The van der Waals surface area contributed by atoms with Gasteiger partial charge in [-0.3, -0.25) is 23.9 Å². The molecule has 0 fully saturated rings. The number of benzene rings is 1. The summed E-state index contributed by atoms with van der Waals surface area (Å²) in [5, 5.41) is 30.8. The maximum absolute atomic E-state index is 12.4. The monoisotopic (exact) mass is 467 g/mol. The van der Waals surface area contributed by atoms with Gasteiger partial charge in [0.2, 0.25) is 11.8 Å². The number of carboxylic acids is 2. The third kappa shape index (κ3) is 4.19. The molecule has 0 saturated heterocycles. The van der Waals surface area contributed by atoms with Gasteiger partial charge in [0.15, 0.2) is 16.7 Å². The smallest absolute Gasteiger partial charge is 0.326 e.